The standard InChI is InChI=1S/C17H22N4O2/c1-3-21-15(11-13(2)19-21)17(23)20(10-9-16(18)22)12-14-7-5-4-6-8-14/h4-8,11H,3,9-10,12H2,1-2H3,(H2,18,22). The van der Waals surface area contributed by atoms with Crippen LogP contribution in [0.25, 0.3) is 0 Å². The lowest BCUT2D eigenvalue weighted by atomic mass is 10.2. The van der Waals surface area contributed by atoms with E-state index in [4.69, 9.17) is 5.73 Å². The third-order valence-electron chi connectivity index (χ3n) is 3.55. The number of aryl methyl sites for hydroxylation is 2. The molecule has 0 unspecified atom stereocenters. The van der Waals surface area contributed by atoms with Gasteiger partial charge >= 0.3 is 0 Å². The molecule has 1 aromatic heterocycles. The first-order valence-corrected chi connectivity index (χ1v) is 7.67. The summed E-state index contributed by atoms with van der Waals surface area (Å²) < 4.78 is 1.68. The maximum atomic E-state index is 12.9. The van der Waals surface area contributed by atoms with Gasteiger partial charge in [0.25, 0.3) is 5.91 Å². The predicted molar refractivity (Wildman–Crippen MR) is 87.6 cm³/mol. The molecular weight excluding hydrogens is 292 g/mol. The fourth-order valence-electron chi connectivity index (χ4n) is 2.42. The van der Waals surface area contributed by atoms with Gasteiger partial charge in [-0.25, -0.2) is 0 Å². The minimum atomic E-state index is -0.420. The van der Waals surface area contributed by atoms with E-state index < -0.39 is 5.91 Å². The third-order valence-corrected chi connectivity index (χ3v) is 3.55. The summed E-state index contributed by atoms with van der Waals surface area (Å²) in [5.74, 6) is -0.561. The number of primary amides is 1. The van der Waals surface area contributed by atoms with Crippen LogP contribution in [-0.2, 0) is 17.9 Å². The van der Waals surface area contributed by atoms with Crippen LogP contribution in [0.3, 0.4) is 0 Å². The van der Waals surface area contributed by atoms with Gasteiger partial charge in [-0.2, -0.15) is 5.10 Å². The quantitative estimate of drug-likeness (QED) is 0.845. The van der Waals surface area contributed by atoms with Crippen LogP contribution in [-0.4, -0.2) is 33.0 Å². The van der Waals surface area contributed by atoms with Gasteiger partial charge in [0.05, 0.1) is 5.69 Å². The molecule has 0 atom stereocenters. The van der Waals surface area contributed by atoms with Crippen LogP contribution in [0.5, 0.6) is 0 Å². The Morgan fingerprint density at radius 3 is 2.57 bits per heavy atom. The second-order valence-corrected chi connectivity index (χ2v) is 5.42. The highest BCUT2D eigenvalue weighted by molar-refractivity contribution is 5.93. The fraction of sp³-hybridized carbons (Fsp3) is 0.353. The van der Waals surface area contributed by atoms with Crippen molar-refractivity contribution in [3.63, 3.8) is 0 Å². The highest BCUT2D eigenvalue weighted by Gasteiger charge is 2.21. The number of nitrogens with zero attached hydrogens (tertiary/aromatic N) is 3. The first-order chi connectivity index (χ1) is 11.0. The van der Waals surface area contributed by atoms with Gasteiger partial charge in [-0.05, 0) is 25.5 Å². The van der Waals surface area contributed by atoms with E-state index in [-0.39, 0.29) is 18.9 Å². The molecule has 2 aromatic rings. The lowest BCUT2D eigenvalue weighted by molar-refractivity contribution is -0.118. The van der Waals surface area contributed by atoms with Crippen LogP contribution in [0.1, 0.15) is 35.1 Å². The zero-order valence-corrected chi connectivity index (χ0v) is 13.5. The van der Waals surface area contributed by atoms with Crippen molar-refractivity contribution in [3.05, 3.63) is 53.3 Å². The Morgan fingerprint density at radius 1 is 1.26 bits per heavy atom. The lowest BCUT2D eigenvalue weighted by Crippen LogP contribution is -2.35. The third kappa shape index (κ3) is 4.42. The Balaban J connectivity index is 2.24. The van der Waals surface area contributed by atoms with Crippen LogP contribution in [0, 0.1) is 6.92 Å². The van der Waals surface area contributed by atoms with Crippen LogP contribution >= 0.6 is 0 Å². The van der Waals surface area contributed by atoms with Crippen molar-refractivity contribution in [2.45, 2.75) is 33.4 Å². The molecule has 0 aliphatic rings. The minimum Gasteiger partial charge on any atom is -0.370 e. The van der Waals surface area contributed by atoms with Gasteiger partial charge in [-0.15, -0.1) is 0 Å². The number of aromatic nitrogens is 2. The van der Waals surface area contributed by atoms with E-state index >= 15 is 0 Å². The number of rotatable bonds is 7. The molecule has 0 bridgehead atoms. The summed E-state index contributed by atoms with van der Waals surface area (Å²) in [5, 5.41) is 4.31. The number of nitrogens with two attached hydrogens (primary N) is 1. The molecule has 0 aliphatic heterocycles. The normalized spacial score (nSPS) is 10.5. The van der Waals surface area contributed by atoms with Crippen molar-refractivity contribution < 1.29 is 9.59 Å². The molecule has 1 heterocycles. The number of hydrogen-bond donors (Lipinski definition) is 1. The van der Waals surface area contributed by atoms with E-state index in [1.54, 1.807) is 15.6 Å². The van der Waals surface area contributed by atoms with E-state index in [9.17, 15) is 9.59 Å². The summed E-state index contributed by atoms with van der Waals surface area (Å²) in [6.07, 6.45) is 0.137. The Kier molecular flexibility index (Phi) is 5.51. The van der Waals surface area contributed by atoms with Gasteiger partial charge in [-0.3, -0.25) is 14.3 Å². The van der Waals surface area contributed by atoms with E-state index in [1.807, 2.05) is 44.2 Å². The summed E-state index contributed by atoms with van der Waals surface area (Å²) in [6, 6.07) is 11.4. The molecule has 0 fully saturated rings. The molecule has 2 N–H and O–H groups in total. The number of hydrogen-bond acceptors (Lipinski definition) is 3. The summed E-state index contributed by atoms with van der Waals surface area (Å²) in [5.41, 5.74) is 7.57. The lowest BCUT2D eigenvalue weighted by Gasteiger charge is -2.22. The monoisotopic (exact) mass is 314 g/mol. The second kappa shape index (κ2) is 7.58. The maximum Gasteiger partial charge on any atom is 0.272 e. The van der Waals surface area contributed by atoms with Crippen molar-refractivity contribution in [2.75, 3.05) is 6.54 Å². The Bertz CT molecular complexity index is 679. The van der Waals surface area contributed by atoms with Crippen LogP contribution < -0.4 is 5.73 Å². The van der Waals surface area contributed by atoms with Gasteiger partial charge < -0.3 is 10.6 Å². The second-order valence-electron chi connectivity index (χ2n) is 5.42. The van der Waals surface area contributed by atoms with E-state index in [2.05, 4.69) is 5.10 Å². The molecular formula is C17H22N4O2. The molecule has 2 rings (SSSR count). The molecule has 122 valence electrons. The summed E-state index contributed by atoms with van der Waals surface area (Å²) in [6.45, 7) is 5.13. The number of benzene rings is 1. The molecule has 2 amide bonds. The first-order valence-electron chi connectivity index (χ1n) is 7.67. The molecule has 1 aromatic carbocycles. The average molecular weight is 314 g/mol. The molecule has 0 aliphatic carbocycles. The van der Waals surface area contributed by atoms with Crippen molar-refractivity contribution >= 4 is 11.8 Å². The Labute approximate surface area is 135 Å². The fourth-order valence-corrected chi connectivity index (χ4v) is 2.42. The molecule has 0 radical (unpaired) electrons. The largest absolute Gasteiger partial charge is 0.370 e. The molecule has 0 saturated heterocycles. The SMILES string of the molecule is CCn1nc(C)cc1C(=O)N(CCC(N)=O)Cc1ccccc1. The van der Waals surface area contributed by atoms with Crippen LogP contribution in [0.4, 0.5) is 0 Å². The minimum absolute atomic E-state index is 0.137. The topological polar surface area (TPSA) is 81.2 Å². The summed E-state index contributed by atoms with van der Waals surface area (Å²) in [7, 11) is 0. The van der Waals surface area contributed by atoms with Crippen LogP contribution in [0.2, 0.25) is 0 Å². The Morgan fingerprint density at radius 2 is 1.96 bits per heavy atom. The van der Waals surface area contributed by atoms with E-state index in [0.29, 0.717) is 18.8 Å². The van der Waals surface area contributed by atoms with Crippen LogP contribution in [0.15, 0.2) is 36.4 Å². The van der Waals surface area contributed by atoms with Gasteiger partial charge in [0.2, 0.25) is 5.91 Å². The number of carbonyl (C=O) groups excluding carboxylic acids is 2. The molecule has 23 heavy (non-hydrogen) atoms. The van der Waals surface area contributed by atoms with Crippen molar-refractivity contribution in [2.24, 2.45) is 5.73 Å². The van der Waals surface area contributed by atoms with Crippen molar-refractivity contribution in [1.82, 2.24) is 14.7 Å². The number of carbonyl (C=O) groups is 2. The highest BCUT2D eigenvalue weighted by atomic mass is 16.2. The molecule has 6 heteroatoms. The van der Waals surface area contributed by atoms with Gasteiger partial charge in [0.15, 0.2) is 0 Å². The van der Waals surface area contributed by atoms with Gasteiger partial charge in [0.1, 0.15) is 5.69 Å². The smallest absolute Gasteiger partial charge is 0.272 e. The molecule has 0 saturated carbocycles. The zero-order chi connectivity index (χ0) is 16.8. The summed E-state index contributed by atoms with van der Waals surface area (Å²) >= 11 is 0. The van der Waals surface area contributed by atoms with Crippen molar-refractivity contribution in [3.8, 4) is 0 Å². The zero-order valence-electron chi connectivity index (χ0n) is 13.5. The predicted octanol–water partition coefficient (Wildman–Crippen LogP) is 1.73. The maximum absolute atomic E-state index is 12.9. The Hall–Kier alpha value is -2.63. The van der Waals surface area contributed by atoms with Crippen molar-refractivity contribution in [1.29, 1.82) is 0 Å². The number of amides is 2. The van der Waals surface area contributed by atoms with E-state index in [1.165, 1.54) is 0 Å². The van der Waals surface area contributed by atoms with Gasteiger partial charge in [-0.1, -0.05) is 30.3 Å². The van der Waals surface area contributed by atoms with Gasteiger partial charge in [0, 0.05) is 26.1 Å². The average Bonchev–Trinajstić information content (AvgIpc) is 2.92. The molecule has 0 spiro atoms. The molecule has 6 nitrogen and oxygen atoms in total. The van der Waals surface area contributed by atoms with E-state index in [0.717, 1.165) is 11.3 Å². The summed E-state index contributed by atoms with van der Waals surface area (Å²) in [4.78, 5) is 25.6. The first kappa shape index (κ1) is 16.7. The highest BCUT2D eigenvalue weighted by Crippen LogP contribution is 2.12.